The largest absolute Gasteiger partial charge is 0.369 e. The maximum Gasteiger partial charge on any atom is 0.150 e. The van der Waals surface area contributed by atoms with Crippen molar-refractivity contribution < 1.29 is 9.18 Å². The minimum atomic E-state index is -0.348. The van der Waals surface area contributed by atoms with E-state index >= 15 is 0 Å². The summed E-state index contributed by atoms with van der Waals surface area (Å²) >= 11 is 0. The van der Waals surface area contributed by atoms with Crippen molar-refractivity contribution in [2.45, 2.75) is 26.8 Å². The van der Waals surface area contributed by atoms with Gasteiger partial charge in [0.1, 0.15) is 12.1 Å². The summed E-state index contributed by atoms with van der Waals surface area (Å²) in [7, 11) is 1.86. The molecule has 0 aliphatic heterocycles. The Morgan fingerprint density at radius 1 is 1.31 bits per heavy atom. The Kier molecular flexibility index (Phi) is 4.05. The fourth-order valence-corrected chi connectivity index (χ4v) is 1.55. The van der Waals surface area contributed by atoms with E-state index in [0.717, 1.165) is 0 Å². The zero-order valence-electron chi connectivity index (χ0n) is 10.2. The van der Waals surface area contributed by atoms with Crippen LogP contribution in [0.5, 0.6) is 0 Å². The van der Waals surface area contributed by atoms with Crippen molar-refractivity contribution in [1.82, 2.24) is 0 Å². The van der Waals surface area contributed by atoms with Gasteiger partial charge < -0.3 is 4.90 Å². The molecule has 2 nitrogen and oxygen atoms in total. The van der Waals surface area contributed by atoms with Crippen LogP contribution in [0.1, 0.15) is 31.1 Å². The Labute approximate surface area is 96.1 Å². The van der Waals surface area contributed by atoms with Gasteiger partial charge in [-0.25, -0.2) is 4.39 Å². The first-order valence-electron chi connectivity index (χ1n) is 5.45. The van der Waals surface area contributed by atoms with Gasteiger partial charge in [0, 0.05) is 18.7 Å². The molecule has 0 amide bonds. The van der Waals surface area contributed by atoms with Crippen molar-refractivity contribution in [2.24, 2.45) is 5.92 Å². The molecule has 0 spiro atoms. The van der Waals surface area contributed by atoms with E-state index in [-0.39, 0.29) is 11.9 Å². The first kappa shape index (κ1) is 12.7. The minimum Gasteiger partial charge on any atom is -0.369 e. The molecule has 1 aromatic rings. The first-order valence-corrected chi connectivity index (χ1v) is 5.45. The SMILES string of the molecule is CC(C)C(C)N(C)c1ccc(C=O)cc1F. The van der Waals surface area contributed by atoms with Crippen LogP contribution in [-0.2, 0) is 0 Å². The number of benzene rings is 1. The minimum absolute atomic E-state index is 0.247. The third-order valence-electron chi connectivity index (χ3n) is 3.06. The summed E-state index contributed by atoms with van der Waals surface area (Å²) in [6.45, 7) is 6.25. The summed E-state index contributed by atoms with van der Waals surface area (Å²) in [5, 5.41) is 0. The zero-order valence-corrected chi connectivity index (χ0v) is 10.2. The fraction of sp³-hybridized carbons (Fsp3) is 0.462. The maximum atomic E-state index is 13.7. The van der Waals surface area contributed by atoms with Gasteiger partial charge in [0.15, 0.2) is 0 Å². The second-order valence-electron chi connectivity index (χ2n) is 4.42. The van der Waals surface area contributed by atoms with Crippen LogP contribution in [0.15, 0.2) is 18.2 Å². The van der Waals surface area contributed by atoms with Gasteiger partial charge in [-0.15, -0.1) is 0 Å². The van der Waals surface area contributed by atoms with Crippen molar-refractivity contribution in [1.29, 1.82) is 0 Å². The predicted molar refractivity (Wildman–Crippen MR) is 64.5 cm³/mol. The lowest BCUT2D eigenvalue weighted by Crippen LogP contribution is -2.33. The molecule has 1 aromatic carbocycles. The van der Waals surface area contributed by atoms with E-state index in [0.29, 0.717) is 23.5 Å². The number of rotatable bonds is 4. The number of hydrogen-bond donors (Lipinski definition) is 0. The molecule has 1 unspecified atom stereocenters. The van der Waals surface area contributed by atoms with E-state index < -0.39 is 0 Å². The average Bonchev–Trinajstić information content (AvgIpc) is 2.26. The van der Waals surface area contributed by atoms with E-state index in [1.165, 1.54) is 6.07 Å². The molecule has 1 atom stereocenters. The van der Waals surface area contributed by atoms with Crippen LogP contribution < -0.4 is 4.90 Å². The quantitative estimate of drug-likeness (QED) is 0.731. The van der Waals surface area contributed by atoms with E-state index in [1.54, 1.807) is 12.1 Å². The van der Waals surface area contributed by atoms with Crippen molar-refractivity contribution in [2.75, 3.05) is 11.9 Å². The summed E-state index contributed by atoms with van der Waals surface area (Å²) in [5.41, 5.74) is 0.902. The molecule has 0 aromatic heterocycles. The van der Waals surface area contributed by atoms with Gasteiger partial charge in [0.25, 0.3) is 0 Å². The lowest BCUT2D eigenvalue weighted by Gasteiger charge is -2.30. The van der Waals surface area contributed by atoms with E-state index in [4.69, 9.17) is 0 Å². The molecule has 3 heteroatoms. The predicted octanol–water partition coefficient (Wildman–Crippen LogP) is 3.12. The van der Waals surface area contributed by atoms with Crippen LogP contribution in [0.25, 0.3) is 0 Å². The lowest BCUT2D eigenvalue weighted by atomic mass is 10.0. The molecule has 0 radical (unpaired) electrons. The highest BCUT2D eigenvalue weighted by molar-refractivity contribution is 5.76. The third kappa shape index (κ3) is 2.60. The molecule has 0 bridgehead atoms. The molecule has 0 N–H and O–H groups in total. The van der Waals surface area contributed by atoms with Crippen molar-refractivity contribution in [3.63, 3.8) is 0 Å². The Bertz CT molecular complexity index is 376. The van der Waals surface area contributed by atoms with Gasteiger partial charge in [0.05, 0.1) is 5.69 Å². The molecule has 0 heterocycles. The van der Waals surface area contributed by atoms with Gasteiger partial charge in [-0.2, -0.15) is 0 Å². The Hall–Kier alpha value is -1.38. The number of carbonyl (C=O) groups excluding carboxylic acids is 1. The molecule has 88 valence electrons. The maximum absolute atomic E-state index is 13.7. The van der Waals surface area contributed by atoms with Gasteiger partial charge in [-0.05, 0) is 31.0 Å². The number of nitrogens with zero attached hydrogens (tertiary/aromatic N) is 1. The van der Waals surface area contributed by atoms with Crippen molar-refractivity contribution in [3.8, 4) is 0 Å². The van der Waals surface area contributed by atoms with Crippen molar-refractivity contribution >= 4 is 12.0 Å². The molecular formula is C13H18FNO. The molecule has 0 fully saturated rings. The van der Waals surface area contributed by atoms with Crippen LogP contribution in [0.4, 0.5) is 10.1 Å². The monoisotopic (exact) mass is 223 g/mol. The van der Waals surface area contributed by atoms with Crippen LogP contribution >= 0.6 is 0 Å². The molecule has 0 saturated carbocycles. The highest BCUT2D eigenvalue weighted by atomic mass is 19.1. The summed E-state index contributed by atoms with van der Waals surface area (Å²) in [6.07, 6.45) is 0.652. The van der Waals surface area contributed by atoms with Crippen molar-refractivity contribution in [3.05, 3.63) is 29.6 Å². The molecule has 1 rings (SSSR count). The Morgan fingerprint density at radius 2 is 1.94 bits per heavy atom. The van der Waals surface area contributed by atoms with Crippen LogP contribution in [-0.4, -0.2) is 19.4 Å². The van der Waals surface area contributed by atoms with Crippen LogP contribution in [0.2, 0.25) is 0 Å². The summed E-state index contributed by atoms with van der Waals surface area (Å²) in [6, 6.07) is 4.80. The van der Waals surface area contributed by atoms with Crippen LogP contribution in [0, 0.1) is 11.7 Å². The number of halogens is 1. The molecule has 0 aliphatic rings. The first-order chi connectivity index (χ1) is 7.47. The molecule has 0 saturated heterocycles. The lowest BCUT2D eigenvalue weighted by molar-refractivity contribution is 0.112. The van der Waals surface area contributed by atoms with Crippen LogP contribution in [0.3, 0.4) is 0 Å². The molecular weight excluding hydrogens is 205 g/mol. The third-order valence-corrected chi connectivity index (χ3v) is 3.06. The van der Waals surface area contributed by atoms with Gasteiger partial charge in [-0.1, -0.05) is 13.8 Å². The second-order valence-corrected chi connectivity index (χ2v) is 4.42. The summed E-state index contributed by atoms with van der Waals surface area (Å²) in [4.78, 5) is 12.4. The number of anilines is 1. The van der Waals surface area contributed by atoms with Gasteiger partial charge in [0.2, 0.25) is 0 Å². The molecule has 0 aliphatic carbocycles. The second kappa shape index (κ2) is 5.10. The summed E-state index contributed by atoms with van der Waals surface area (Å²) in [5.74, 6) is 0.0924. The smallest absolute Gasteiger partial charge is 0.150 e. The Balaban J connectivity index is 3.00. The highest BCUT2D eigenvalue weighted by Gasteiger charge is 2.16. The average molecular weight is 223 g/mol. The fourth-order valence-electron chi connectivity index (χ4n) is 1.55. The van der Waals surface area contributed by atoms with Gasteiger partial charge >= 0.3 is 0 Å². The van der Waals surface area contributed by atoms with E-state index in [1.807, 2.05) is 11.9 Å². The zero-order chi connectivity index (χ0) is 12.3. The molecule has 16 heavy (non-hydrogen) atoms. The highest BCUT2D eigenvalue weighted by Crippen LogP contribution is 2.23. The number of carbonyl (C=O) groups is 1. The van der Waals surface area contributed by atoms with Gasteiger partial charge in [-0.3, -0.25) is 4.79 Å². The Morgan fingerprint density at radius 3 is 2.38 bits per heavy atom. The summed E-state index contributed by atoms with van der Waals surface area (Å²) < 4.78 is 13.7. The topological polar surface area (TPSA) is 20.3 Å². The number of aldehydes is 1. The van der Waals surface area contributed by atoms with E-state index in [9.17, 15) is 9.18 Å². The number of hydrogen-bond acceptors (Lipinski definition) is 2. The standard InChI is InChI=1S/C13H18FNO/c1-9(2)10(3)15(4)13-6-5-11(8-16)7-12(13)14/h5-10H,1-4H3. The van der Waals surface area contributed by atoms with E-state index in [2.05, 4.69) is 20.8 Å². The normalized spacial score (nSPS) is 12.6.